The van der Waals surface area contributed by atoms with Gasteiger partial charge < -0.3 is 14.2 Å². The molecule has 0 radical (unpaired) electrons. The fraction of sp³-hybridized carbons (Fsp3) is 0.522. The summed E-state index contributed by atoms with van der Waals surface area (Å²) in [6.07, 6.45) is 1.15. The van der Waals surface area contributed by atoms with Crippen LogP contribution in [0.2, 0.25) is 0 Å². The van der Waals surface area contributed by atoms with Gasteiger partial charge in [0, 0.05) is 5.92 Å². The van der Waals surface area contributed by atoms with Gasteiger partial charge in [0.2, 0.25) is 0 Å². The number of ether oxygens (including phenoxy) is 3. The summed E-state index contributed by atoms with van der Waals surface area (Å²) in [7, 11) is 0. The second kappa shape index (κ2) is 8.01. The number of hydrogen-bond donors (Lipinski definition) is 0. The largest absolute Gasteiger partial charge is 0.462 e. The summed E-state index contributed by atoms with van der Waals surface area (Å²) in [6.45, 7) is 8.63. The molecule has 0 N–H and O–H groups in total. The molecule has 0 bridgehead atoms. The Labute approximate surface area is 171 Å². The molecule has 0 unspecified atom stereocenters. The highest BCUT2D eigenvalue weighted by Crippen LogP contribution is 2.59. The number of hydrogen-bond acceptors (Lipinski definition) is 6. The average molecular weight is 400 g/mol. The van der Waals surface area contributed by atoms with Gasteiger partial charge >= 0.3 is 17.9 Å². The molecule has 1 aromatic carbocycles. The smallest absolute Gasteiger partial charge is 0.324 e. The highest BCUT2D eigenvalue weighted by Gasteiger charge is 2.67. The summed E-state index contributed by atoms with van der Waals surface area (Å²) >= 11 is 0. The quantitative estimate of drug-likeness (QED) is 0.425. The molecular weight excluding hydrogens is 372 g/mol. The van der Waals surface area contributed by atoms with Gasteiger partial charge in [0.25, 0.3) is 0 Å². The summed E-state index contributed by atoms with van der Waals surface area (Å²) in [4.78, 5) is 39.7. The van der Waals surface area contributed by atoms with Crippen molar-refractivity contribution in [3.63, 3.8) is 0 Å². The van der Waals surface area contributed by atoms with E-state index in [4.69, 9.17) is 14.2 Å². The van der Waals surface area contributed by atoms with Crippen molar-refractivity contribution >= 4 is 17.9 Å². The third-order valence-corrected chi connectivity index (χ3v) is 5.46. The van der Waals surface area contributed by atoms with Gasteiger partial charge in [-0.15, -0.1) is 0 Å². The molecule has 1 aromatic rings. The van der Waals surface area contributed by atoms with E-state index in [2.05, 4.69) is 0 Å². The van der Waals surface area contributed by atoms with E-state index >= 15 is 0 Å². The second-order valence-electron chi connectivity index (χ2n) is 8.36. The van der Waals surface area contributed by atoms with Crippen LogP contribution in [0.4, 0.5) is 0 Å². The summed E-state index contributed by atoms with van der Waals surface area (Å²) in [6, 6.07) is 9.14. The molecule has 1 saturated carbocycles. The Morgan fingerprint density at radius 3 is 2.10 bits per heavy atom. The summed E-state index contributed by atoms with van der Waals surface area (Å²) in [5, 5.41) is 0. The SMILES string of the molecule is CC1=C[C@@H]2CC(C(=O)OC(C)C)(C(=O)OC(C)C)[C@@H](c3ccccc3)[C@@H]2C(=O)O1. The van der Waals surface area contributed by atoms with Crippen LogP contribution >= 0.6 is 0 Å². The molecule has 1 aliphatic heterocycles. The highest BCUT2D eigenvalue weighted by molar-refractivity contribution is 6.03. The van der Waals surface area contributed by atoms with Crippen LogP contribution in [0.5, 0.6) is 0 Å². The molecule has 0 spiro atoms. The van der Waals surface area contributed by atoms with Crippen LogP contribution in [0, 0.1) is 17.3 Å². The molecule has 3 rings (SSSR count). The maximum absolute atomic E-state index is 13.4. The third-order valence-electron chi connectivity index (χ3n) is 5.46. The zero-order valence-corrected chi connectivity index (χ0v) is 17.5. The molecule has 1 fully saturated rings. The number of carbonyl (C=O) groups excluding carboxylic acids is 3. The van der Waals surface area contributed by atoms with Gasteiger partial charge in [-0.05, 0) is 58.6 Å². The number of fused-ring (bicyclic) bond motifs is 1. The van der Waals surface area contributed by atoms with Crippen LogP contribution in [0.1, 0.15) is 52.5 Å². The number of rotatable bonds is 5. The van der Waals surface area contributed by atoms with Gasteiger partial charge in [-0.25, -0.2) is 0 Å². The maximum Gasteiger partial charge on any atom is 0.324 e. The zero-order valence-electron chi connectivity index (χ0n) is 17.5. The minimum Gasteiger partial charge on any atom is -0.462 e. The average Bonchev–Trinajstić information content (AvgIpc) is 2.97. The van der Waals surface area contributed by atoms with E-state index < -0.39 is 47.4 Å². The van der Waals surface area contributed by atoms with Gasteiger partial charge in [0.15, 0.2) is 5.41 Å². The van der Waals surface area contributed by atoms with Gasteiger partial charge in [-0.1, -0.05) is 30.3 Å². The van der Waals surface area contributed by atoms with Crippen LogP contribution in [0.3, 0.4) is 0 Å². The molecule has 156 valence electrons. The van der Waals surface area contributed by atoms with E-state index in [0.29, 0.717) is 11.3 Å². The van der Waals surface area contributed by atoms with Crippen molar-refractivity contribution in [2.45, 2.75) is 59.2 Å². The van der Waals surface area contributed by atoms with E-state index in [1.807, 2.05) is 36.4 Å². The normalized spacial score (nSPS) is 25.3. The Hall–Kier alpha value is -2.63. The zero-order chi connectivity index (χ0) is 21.3. The molecule has 6 nitrogen and oxygen atoms in total. The third kappa shape index (κ3) is 3.80. The predicted octanol–water partition coefficient (Wildman–Crippen LogP) is 3.76. The predicted molar refractivity (Wildman–Crippen MR) is 106 cm³/mol. The Balaban J connectivity index is 2.21. The minimum atomic E-state index is -1.62. The Kier molecular flexibility index (Phi) is 5.82. The highest BCUT2D eigenvalue weighted by atomic mass is 16.6. The number of benzene rings is 1. The van der Waals surface area contributed by atoms with Crippen LogP contribution in [0.15, 0.2) is 42.2 Å². The van der Waals surface area contributed by atoms with Crippen molar-refractivity contribution in [3.8, 4) is 0 Å². The Morgan fingerprint density at radius 1 is 1.03 bits per heavy atom. The lowest BCUT2D eigenvalue weighted by molar-refractivity contribution is -0.178. The van der Waals surface area contributed by atoms with E-state index in [1.165, 1.54) is 0 Å². The van der Waals surface area contributed by atoms with Crippen molar-refractivity contribution in [1.29, 1.82) is 0 Å². The van der Waals surface area contributed by atoms with Crippen molar-refractivity contribution in [3.05, 3.63) is 47.7 Å². The fourth-order valence-electron chi connectivity index (χ4n) is 4.51. The van der Waals surface area contributed by atoms with Crippen LogP contribution in [0.25, 0.3) is 0 Å². The first-order chi connectivity index (χ1) is 13.7. The van der Waals surface area contributed by atoms with Gasteiger partial charge in [0.1, 0.15) is 5.76 Å². The molecule has 2 aliphatic rings. The van der Waals surface area contributed by atoms with Crippen molar-refractivity contribution in [2.24, 2.45) is 17.3 Å². The number of cyclic esters (lactones) is 1. The van der Waals surface area contributed by atoms with E-state index in [0.717, 1.165) is 0 Å². The molecular formula is C23H28O6. The molecule has 0 amide bonds. The van der Waals surface area contributed by atoms with Crippen molar-refractivity contribution in [2.75, 3.05) is 0 Å². The van der Waals surface area contributed by atoms with E-state index in [1.54, 1.807) is 34.6 Å². The lowest BCUT2D eigenvalue weighted by atomic mass is 9.71. The number of carbonyl (C=O) groups is 3. The minimum absolute atomic E-state index is 0.140. The second-order valence-corrected chi connectivity index (χ2v) is 8.36. The van der Waals surface area contributed by atoms with E-state index in [9.17, 15) is 14.4 Å². The summed E-state index contributed by atoms with van der Waals surface area (Å²) in [5.74, 6) is -2.97. The maximum atomic E-state index is 13.4. The van der Waals surface area contributed by atoms with Gasteiger partial charge in [0.05, 0.1) is 18.1 Å². The number of allylic oxidation sites excluding steroid dienone is 2. The van der Waals surface area contributed by atoms with Crippen LogP contribution in [-0.4, -0.2) is 30.1 Å². The van der Waals surface area contributed by atoms with Gasteiger partial charge in [-0.2, -0.15) is 0 Å². The standard InChI is InChI=1S/C23H28O6/c1-13(2)27-21(25)23(22(26)28-14(3)4)12-17-11-15(5)29-20(24)18(17)19(23)16-9-7-6-8-10-16/h6-11,13-14,17-19H,12H2,1-5H3/t17-,18-,19+/m1/s1. The first-order valence-electron chi connectivity index (χ1n) is 10.0. The molecule has 0 saturated heterocycles. The lowest BCUT2D eigenvalue weighted by Crippen LogP contribution is -2.47. The lowest BCUT2D eigenvalue weighted by Gasteiger charge is -2.34. The van der Waals surface area contributed by atoms with Crippen molar-refractivity contribution in [1.82, 2.24) is 0 Å². The molecule has 0 aromatic heterocycles. The van der Waals surface area contributed by atoms with Gasteiger partial charge in [-0.3, -0.25) is 14.4 Å². The van der Waals surface area contributed by atoms with Crippen molar-refractivity contribution < 1.29 is 28.6 Å². The molecule has 29 heavy (non-hydrogen) atoms. The molecule has 6 heteroatoms. The first-order valence-corrected chi connectivity index (χ1v) is 10.0. The summed E-state index contributed by atoms with van der Waals surface area (Å²) in [5.41, 5.74) is -0.905. The monoisotopic (exact) mass is 400 g/mol. The Bertz CT molecular complexity index is 801. The number of esters is 3. The molecule has 1 heterocycles. The van der Waals surface area contributed by atoms with Crippen LogP contribution in [-0.2, 0) is 28.6 Å². The van der Waals surface area contributed by atoms with E-state index in [-0.39, 0.29) is 12.3 Å². The Morgan fingerprint density at radius 2 is 1.59 bits per heavy atom. The summed E-state index contributed by atoms with van der Waals surface area (Å²) < 4.78 is 16.5. The topological polar surface area (TPSA) is 78.9 Å². The molecule has 3 atom stereocenters. The molecule has 1 aliphatic carbocycles. The van der Waals surface area contributed by atoms with Crippen LogP contribution < -0.4 is 0 Å². The first kappa shape index (κ1) is 21.1. The fourth-order valence-corrected chi connectivity index (χ4v) is 4.51.